The summed E-state index contributed by atoms with van der Waals surface area (Å²) in [6, 6.07) is 0.378. The van der Waals surface area contributed by atoms with E-state index < -0.39 is 0 Å². The minimum atomic E-state index is -0.00801. The lowest BCUT2D eigenvalue weighted by atomic mass is 10.0. The lowest BCUT2D eigenvalue weighted by Crippen LogP contribution is -2.40. The van der Waals surface area contributed by atoms with Crippen LogP contribution in [0.5, 0.6) is 0 Å². The van der Waals surface area contributed by atoms with Crippen molar-refractivity contribution in [2.75, 3.05) is 7.05 Å². The van der Waals surface area contributed by atoms with Gasteiger partial charge in [0.1, 0.15) is 0 Å². The van der Waals surface area contributed by atoms with E-state index in [4.69, 9.17) is 5.73 Å². The summed E-state index contributed by atoms with van der Waals surface area (Å²) in [7, 11) is 1.90. The van der Waals surface area contributed by atoms with Gasteiger partial charge in [-0.2, -0.15) is 0 Å². The summed E-state index contributed by atoms with van der Waals surface area (Å²) < 4.78 is 0. The van der Waals surface area contributed by atoms with Gasteiger partial charge < -0.3 is 10.6 Å². The summed E-state index contributed by atoms with van der Waals surface area (Å²) in [6.07, 6.45) is 3.02. The third kappa shape index (κ3) is 3.49. The van der Waals surface area contributed by atoms with Crippen LogP contribution >= 0.6 is 0 Å². The first-order valence-electron chi connectivity index (χ1n) is 5.94. The maximum absolute atomic E-state index is 11.9. The van der Waals surface area contributed by atoms with Crippen LogP contribution in [0.2, 0.25) is 0 Å². The maximum Gasteiger partial charge on any atom is 0.224 e. The highest BCUT2D eigenvalue weighted by Crippen LogP contribution is 2.34. The van der Waals surface area contributed by atoms with Gasteiger partial charge in [-0.25, -0.2) is 0 Å². The van der Waals surface area contributed by atoms with E-state index in [1.54, 1.807) is 0 Å². The zero-order valence-corrected chi connectivity index (χ0v) is 10.4. The van der Waals surface area contributed by atoms with Crippen LogP contribution in [0.4, 0.5) is 0 Å². The molecule has 1 aliphatic rings. The van der Waals surface area contributed by atoms with Gasteiger partial charge in [-0.15, -0.1) is 0 Å². The highest BCUT2D eigenvalue weighted by atomic mass is 16.2. The lowest BCUT2D eigenvalue weighted by molar-refractivity contribution is -0.132. The number of hydrogen-bond acceptors (Lipinski definition) is 2. The quantitative estimate of drug-likeness (QED) is 0.752. The molecule has 1 aliphatic carbocycles. The van der Waals surface area contributed by atoms with Crippen molar-refractivity contribution in [3.05, 3.63) is 0 Å². The molecule has 0 aliphatic heterocycles. The zero-order chi connectivity index (χ0) is 11.6. The Bertz CT molecular complexity index is 224. The number of carbonyl (C=O) groups excluding carboxylic acids is 1. The maximum atomic E-state index is 11.9. The van der Waals surface area contributed by atoms with Crippen molar-refractivity contribution in [3.63, 3.8) is 0 Å². The Kier molecular flexibility index (Phi) is 4.14. The molecule has 2 N–H and O–H groups in total. The summed E-state index contributed by atoms with van der Waals surface area (Å²) in [5, 5.41) is 0. The molecule has 1 rings (SSSR count). The summed E-state index contributed by atoms with van der Waals surface area (Å²) in [5.74, 6) is 1.29. The van der Waals surface area contributed by atoms with E-state index in [9.17, 15) is 4.79 Å². The first-order chi connectivity index (χ1) is 6.93. The van der Waals surface area contributed by atoms with Crippen molar-refractivity contribution in [3.8, 4) is 0 Å². The second-order valence-corrected chi connectivity index (χ2v) is 5.19. The SMILES string of the molecule is CC(C)C(N)CC(=O)N(C)C(C)C1CC1. The van der Waals surface area contributed by atoms with Crippen molar-refractivity contribution in [2.24, 2.45) is 17.6 Å². The molecule has 1 fully saturated rings. The van der Waals surface area contributed by atoms with Crippen LogP contribution in [0.3, 0.4) is 0 Å². The van der Waals surface area contributed by atoms with E-state index >= 15 is 0 Å². The molecule has 88 valence electrons. The van der Waals surface area contributed by atoms with Gasteiger partial charge in [0.15, 0.2) is 0 Å². The van der Waals surface area contributed by atoms with Gasteiger partial charge in [0.25, 0.3) is 0 Å². The van der Waals surface area contributed by atoms with Crippen LogP contribution in [0, 0.1) is 11.8 Å². The van der Waals surface area contributed by atoms with Crippen LogP contribution in [-0.2, 0) is 4.79 Å². The van der Waals surface area contributed by atoms with Gasteiger partial charge in [0, 0.05) is 25.6 Å². The number of nitrogens with zero attached hydrogens (tertiary/aromatic N) is 1. The molecular weight excluding hydrogens is 188 g/mol. The van der Waals surface area contributed by atoms with Crippen molar-refractivity contribution >= 4 is 5.91 Å². The smallest absolute Gasteiger partial charge is 0.224 e. The van der Waals surface area contributed by atoms with E-state index in [2.05, 4.69) is 20.8 Å². The summed E-state index contributed by atoms with van der Waals surface area (Å²) >= 11 is 0. The summed E-state index contributed by atoms with van der Waals surface area (Å²) in [6.45, 7) is 6.25. The monoisotopic (exact) mass is 212 g/mol. The third-order valence-electron chi connectivity index (χ3n) is 3.58. The van der Waals surface area contributed by atoms with Crippen molar-refractivity contribution in [1.29, 1.82) is 0 Å². The largest absolute Gasteiger partial charge is 0.343 e. The van der Waals surface area contributed by atoms with Gasteiger partial charge in [0.05, 0.1) is 0 Å². The van der Waals surface area contributed by atoms with Crippen molar-refractivity contribution in [2.45, 2.75) is 52.1 Å². The molecule has 0 spiro atoms. The normalized spacial score (nSPS) is 20.1. The minimum Gasteiger partial charge on any atom is -0.343 e. The topological polar surface area (TPSA) is 46.3 Å². The molecule has 2 unspecified atom stereocenters. The standard InChI is InChI=1S/C12H24N2O/c1-8(2)11(13)7-12(15)14(4)9(3)10-5-6-10/h8-11H,5-7,13H2,1-4H3. The highest BCUT2D eigenvalue weighted by Gasteiger charge is 2.32. The third-order valence-corrected chi connectivity index (χ3v) is 3.58. The van der Waals surface area contributed by atoms with Crippen molar-refractivity contribution in [1.82, 2.24) is 4.90 Å². The van der Waals surface area contributed by atoms with E-state index in [-0.39, 0.29) is 11.9 Å². The number of nitrogens with two attached hydrogens (primary N) is 1. The molecule has 0 radical (unpaired) electrons. The van der Waals surface area contributed by atoms with Crippen LogP contribution in [-0.4, -0.2) is 29.9 Å². The fourth-order valence-electron chi connectivity index (χ4n) is 1.70. The molecule has 0 aromatic carbocycles. The van der Waals surface area contributed by atoms with Gasteiger partial charge in [-0.1, -0.05) is 13.8 Å². The van der Waals surface area contributed by atoms with E-state index in [0.29, 0.717) is 18.4 Å². The number of rotatable bonds is 5. The van der Waals surface area contributed by atoms with Crippen LogP contribution in [0.15, 0.2) is 0 Å². The molecule has 15 heavy (non-hydrogen) atoms. The molecule has 0 heterocycles. The molecule has 0 bridgehead atoms. The molecular formula is C12H24N2O. The fraction of sp³-hybridized carbons (Fsp3) is 0.917. The van der Waals surface area contributed by atoms with Crippen molar-refractivity contribution < 1.29 is 4.79 Å². The van der Waals surface area contributed by atoms with E-state index in [0.717, 1.165) is 5.92 Å². The van der Waals surface area contributed by atoms with Crippen LogP contribution in [0.1, 0.15) is 40.0 Å². The second kappa shape index (κ2) is 4.97. The fourth-order valence-corrected chi connectivity index (χ4v) is 1.70. The average Bonchev–Trinajstić information content (AvgIpc) is 2.98. The minimum absolute atomic E-state index is 0.00801. The molecule has 0 aromatic rings. The Morgan fingerprint density at radius 2 is 1.93 bits per heavy atom. The Balaban J connectivity index is 2.38. The first kappa shape index (κ1) is 12.5. The summed E-state index contributed by atoms with van der Waals surface area (Å²) in [5.41, 5.74) is 5.90. The molecule has 1 amide bonds. The van der Waals surface area contributed by atoms with Crippen LogP contribution < -0.4 is 5.73 Å². The van der Waals surface area contributed by atoms with Crippen LogP contribution in [0.25, 0.3) is 0 Å². The Morgan fingerprint density at radius 3 is 2.33 bits per heavy atom. The Morgan fingerprint density at radius 1 is 1.40 bits per heavy atom. The van der Waals surface area contributed by atoms with E-state index in [1.165, 1.54) is 12.8 Å². The van der Waals surface area contributed by atoms with Gasteiger partial charge in [-0.3, -0.25) is 4.79 Å². The Hall–Kier alpha value is -0.570. The molecule has 0 aromatic heterocycles. The Labute approximate surface area is 93.0 Å². The van der Waals surface area contributed by atoms with Gasteiger partial charge in [0.2, 0.25) is 5.91 Å². The van der Waals surface area contributed by atoms with Gasteiger partial charge >= 0.3 is 0 Å². The molecule has 1 saturated carbocycles. The zero-order valence-electron chi connectivity index (χ0n) is 10.4. The first-order valence-corrected chi connectivity index (χ1v) is 5.94. The predicted octanol–water partition coefficient (Wildman–Crippen LogP) is 1.62. The second-order valence-electron chi connectivity index (χ2n) is 5.19. The molecule has 2 atom stereocenters. The number of amides is 1. The number of hydrogen-bond donors (Lipinski definition) is 1. The van der Waals surface area contributed by atoms with Gasteiger partial charge in [-0.05, 0) is 31.6 Å². The summed E-state index contributed by atoms with van der Waals surface area (Å²) in [4.78, 5) is 13.8. The molecule has 3 nitrogen and oxygen atoms in total. The molecule has 0 saturated heterocycles. The number of carbonyl (C=O) groups is 1. The predicted molar refractivity (Wildman–Crippen MR) is 62.4 cm³/mol. The highest BCUT2D eigenvalue weighted by molar-refractivity contribution is 5.76. The molecule has 3 heteroatoms. The average molecular weight is 212 g/mol. The van der Waals surface area contributed by atoms with E-state index in [1.807, 2.05) is 11.9 Å². The lowest BCUT2D eigenvalue weighted by Gasteiger charge is -2.27.